The molecule has 0 unspecified atom stereocenters. The molecule has 2 heterocycles. The first-order valence-corrected chi connectivity index (χ1v) is 6.06. The summed E-state index contributed by atoms with van der Waals surface area (Å²) in [6.45, 7) is 3.53. The van der Waals surface area contributed by atoms with Crippen LogP contribution < -0.4 is 5.56 Å². The fourth-order valence-corrected chi connectivity index (χ4v) is 2.15. The summed E-state index contributed by atoms with van der Waals surface area (Å²) in [6, 6.07) is 6.68. The molecule has 0 saturated heterocycles. The molecule has 3 aromatic rings. The number of hydrogen-bond donors (Lipinski definition) is 0. The molecule has 0 aliphatic carbocycles. The Morgan fingerprint density at radius 1 is 1.26 bits per heavy atom. The number of halogens is 1. The van der Waals surface area contributed by atoms with E-state index in [0.717, 1.165) is 0 Å². The summed E-state index contributed by atoms with van der Waals surface area (Å²) in [5, 5.41) is 4.82. The van der Waals surface area contributed by atoms with Gasteiger partial charge in [-0.05, 0) is 32.0 Å². The predicted octanol–water partition coefficient (Wildman–Crippen LogP) is 2.64. The van der Waals surface area contributed by atoms with Crippen LogP contribution in [0.4, 0.5) is 0 Å². The van der Waals surface area contributed by atoms with Crippen LogP contribution in [0.25, 0.3) is 16.8 Å². The summed E-state index contributed by atoms with van der Waals surface area (Å²) in [4.78, 5) is 16.8. The first-order valence-electron chi connectivity index (χ1n) is 5.69. The summed E-state index contributed by atoms with van der Waals surface area (Å²) in [5.41, 5.74) is 1.08. The Hall–Kier alpha value is -2.14. The molecule has 0 fully saturated rings. The third-order valence-electron chi connectivity index (χ3n) is 2.84. The number of benzene rings is 1. The highest BCUT2D eigenvalue weighted by Gasteiger charge is 2.13. The Balaban J connectivity index is 2.38. The molecule has 19 heavy (non-hydrogen) atoms. The maximum atomic E-state index is 12.5. The molecule has 0 N–H and O–H groups in total. The van der Waals surface area contributed by atoms with Crippen LogP contribution in [0, 0.1) is 13.8 Å². The Bertz CT molecular complexity index is 836. The third kappa shape index (κ3) is 1.92. The van der Waals surface area contributed by atoms with Crippen LogP contribution in [0.5, 0.6) is 0 Å². The number of fused-ring (bicyclic) bond motifs is 1. The van der Waals surface area contributed by atoms with Crippen molar-refractivity contribution in [1.29, 1.82) is 0 Å². The molecule has 2 aromatic heterocycles. The Kier molecular flexibility index (Phi) is 2.64. The highest BCUT2D eigenvalue weighted by Crippen LogP contribution is 2.17. The maximum Gasteiger partial charge on any atom is 0.268 e. The van der Waals surface area contributed by atoms with Crippen molar-refractivity contribution in [3.8, 4) is 5.88 Å². The number of hydrogen-bond acceptors (Lipinski definition) is 4. The minimum atomic E-state index is -0.199. The van der Waals surface area contributed by atoms with Crippen LogP contribution in [0.3, 0.4) is 0 Å². The van der Waals surface area contributed by atoms with Crippen LogP contribution in [0.15, 0.2) is 33.6 Å². The normalized spacial score (nSPS) is 11.1. The van der Waals surface area contributed by atoms with Crippen molar-refractivity contribution in [2.75, 3.05) is 0 Å². The van der Waals surface area contributed by atoms with Gasteiger partial charge in [-0.25, -0.2) is 9.55 Å². The molecule has 0 saturated carbocycles. The zero-order valence-electron chi connectivity index (χ0n) is 10.3. The van der Waals surface area contributed by atoms with Crippen molar-refractivity contribution in [2.24, 2.45) is 0 Å². The first-order chi connectivity index (χ1) is 9.06. The van der Waals surface area contributed by atoms with Crippen LogP contribution in [0.1, 0.15) is 11.5 Å². The lowest BCUT2D eigenvalue weighted by atomic mass is 10.2. The van der Waals surface area contributed by atoms with Crippen molar-refractivity contribution in [1.82, 2.24) is 14.7 Å². The van der Waals surface area contributed by atoms with Crippen LogP contribution in [0.2, 0.25) is 5.02 Å². The van der Waals surface area contributed by atoms with E-state index in [4.69, 9.17) is 16.1 Å². The summed E-state index contributed by atoms with van der Waals surface area (Å²) in [6.07, 6.45) is 0. The van der Waals surface area contributed by atoms with Gasteiger partial charge in [0.2, 0.25) is 5.88 Å². The number of nitrogens with zero attached hydrogens (tertiary/aromatic N) is 3. The molecule has 0 atom stereocenters. The van der Waals surface area contributed by atoms with Gasteiger partial charge in [-0.1, -0.05) is 16.8 Å². The molecule has 1 aromatic carbocycles. The molecule has 0 radical (unpaired) electrons. The molecule has 3 rings (SSSR count). The van der Waals surface area contributed by atoms with Gasteiger partial charge < -0.3 is 4.52 Å². The fourth-order valence-electron chi connectivity index (χ4n) is 1.98. The van der Waals surface area contributed by atoms with Gasteiger partial charge in [0.25, 0.3) is 5.56 Å². The molecule has 0 spiro atoms. The zero-order valence-corrected chi connectivity index (χ0v) is 11.1. The molecule has 0 aliphatic rings. The van der Waals surface area contributed by atoms with Gasteiger partial charge in [0.15, 0.2) is 0 Å². The van der Waals surface area contributed by atoms with E-state index in [1.807, 2.05) is 0 Å². The average molecular weight is 276 g/mol. The number of rotatable bonds is 1. The standard InChI is InChI=1S/C13H10ClN3O2/c1-7-5-12(19-16-7)17-8(2)15-11-6-9(14)3-4-10(11)13(17)18/h3-6H,1-2H3. The van der Waals surface area contributed by atoms with Crippen molar-refractivity contribution < 1.29 is 4.52 Å². The Labute approximate surface area is 113 Å². The topological polar surface area (TPSA) is 60.9 Å². The molecular weight excluding hydrogens is 266 g/mol. The zero-order chi connectivity index (χ0) is 13.6. The fraction of sp³-hybridized carbons (Fsp3) is 0.154. The molecule has 0 bridgehead atoms. The monoisotopic (exact) mass is 275 g/mol. The quantitative estimate of drug-likeness (QED) is 0.685. The van der Waals surface area contributed by atoms with Gasteiger partial charge >= 0.3 is 0 Å². The minimum absolute atomic E-state index is 0.199. The number of aromatic nitrogens is 3. The maximum absolute atomic E-state index is 12.5. The number of aryl methyl sites for hydroxylation is 2. The van der Waals surface area contributed by atoms with E-state index in [2.05, 4.69) is 10.1 Å². The molecule has 0 aliphatic heterocycles. The molecule has 96 valence electrons. The molecule has 6 heteroatoms. The first kappa shape index (κ1) is 11.9. The third-order valence-corrected chi connectivity index (χ3v) is 3.07. The molecule has 5 nitrogen and oxygen atoms in total. The van der Waals surface area contributed by atoms with Crippen molar-refractivity contribution >= 4 is 22.5 Å². The summed E-state index contributed by atoms with van der Waals surface area (Å²) < 4.78 is 6.53. The van der Waals surface area contributed by atoms with Crippen molar-refractivity contribution in [3.63, 3.8) is 0 Å². The lowest BCUT2D eigenvalue weighted by Gasteiger charge is -2.07. The lowest BCUT2D eigenvalue weighted by Crippen LogP contribution is -2.21. The largest absolute Gasteiger partial charge is 0.338 e. The summed E-state index contributed by atoms with van der Waals surface area (Å²) in [7, 11) is 0. The van der Waals surface area contributed by atoms with Gasteiger partial charge in [0.1, 0.15) is 5.82 Å². The second-order valence-corrected chi connectivity index (χ2v) is 4.70. The second kappa shape index (κ2) is 4.20. The SMILES string of the molecule is Cc1cc(-n2c(C)nc3cc(Cl)ccc3c2=O)on1. The average Bonchev–Trinajstić information content (AvgIpc) is 2.75. The van der Waals surface area contributed by atoms with Gasteiger partial charge in [0, 0.05) is 11.1 Å². The van der Waals surface area contributed by atoms with Gasteiger partial charge in [-0.2, -0.15) is 0 Å². The van der Waals surface area contributed by atoms with Crippen LogP contribution in [-0.4, -0.2) is 14.7 Å². The summed E-state index contributed by atoms with van der Waals surface area (Å²) in [5.74, 6) is 0.889. The van der Waals surface area contributed by atoms with Crippen LogP contribution in [-0.2, 0) is 0 Å². The van der Waals surface area contributed by atoms with Crippen molar-refractivity contribution in [2.45, 2.75) is 13.8 Å². The van der Waals surface area contributed by atoms with E-state index in [9.17, 15) is 4.79 Å². The Morgan fingerprint density at radius 3 is 2.74 bits per heavy atom. The minimum Gasteiger partial charge on any atom is -0.338 e. The van der Waals surface area contributed by atoms with Crippen LogP contribution >= 0.6 is 11.6 Å². The van der Waals surface area contributed by atoms with E-state index in [1.54, 1.807) is 38.1 Å². The van der Waals surface area contributed by atoms with E-state index in [1.165, 1.54) is 4.57 Å². The highest BCUT2D eigenvalue weighted by molar-refractivity contribution is 6.31. The lowest BCUT2D eigenvalue weighted by molar-refractivity contribution is 0.397. The van der Waals surface area contributed by atoms with Crippen molar-refractivity contribution in [3.05, 3.63) is 51.2 Å². The van der Waals surface area contributed by atoms with E-state index in [-0.39, 0.29) is 5.56 Å². The molecule has 0 amide bonds. The summed E-state index contributed by atoms with van der Waals surface area (Å²) >= 11 is 5.91. The van der Waals surface area contributed by atoms with Gasteiger partial charge in [-0.15, -0.1) is 0 Å². The second-order valence-electron chi connectivity index (χ2n) is 4.27. The Morgan fingerprint density at radius 2 is 2.05 bits per heavy atom. The highest BCUT2D eigenvalue weighted by atomic mass is 35.5. The van der Waals surface area contributed by atoms with Gasteiger partial charge in [-0.3, -0.25) is 4.79 Å². The van der Waals surface area contributed by atoms with E-state index in [0.29, 0.717) is 33.3 Å². The van der Waals surface area contributed by atoms with E-state index < -0.39 is 0 Å². The molecular formula is C13H10ClN3O2. The smallest absolute Gasteiger partial charge is 0.268 e. The van der Waals surface area contributed by atoms with E-state index >= 15 is 0 Å². The van der Waals surface area contributed by atoms with Gasteiger partial charge in [0.05, 0.1) is 16.6 Å². The predicted molar refractivity (Wildman–Crippen MR) is 71.9 cm³/mol.